The van der Waals surface area contributed by atoms with Crippen molar-refractivity contribution in [3.8, 4) is 11.3 Å². The standard InChI is InChI=1S/C20H21N5O2S2/c1-13(2)29(27)25-9-8-16-15(10-25)19(22-12-21-16)24-20-23-18(17(11-26)28-20)14-6-4-3-5-7-14/h3-7,11-13H,8-10H2,1-2H3,(H,21,22,23,24). The Hall–Kier alpha value is -2.49. The second-order valence-corrected chi connectivity index (χ2v) is 9.97. The fourth-order valence-electron chi connectivity index (χ4n) is 3.25. The van der Waals surface area contributed by atoms with Crippen LogP contribution in [0.2, 0.25) is 0 Å². The quantitative estimate of drug-likeness (QED) is 0.605. The highest BCUT2D eigenvalue weighted by Crippen LogP contribution is 2.33. The van der Waals surface area contributed by atoms with Gasteiger partial charge in [0.25, 0.3) is 0 Å². The Kier molecular flexibility index (Phi) is 5.79. The van der Waals surface area contributed by atoms with Crippen LogP contribution >= 0.6 is 11.3 Å². The maximum Gasteiger partial charge on any atom is 0.189 e. The number of aromatic nitrogens is 3. The van der Waals surface area contributed by atoms with Crippen LogP contribution in [-0.2, 0) is 24.0 Å². The summed E-state index contributed by atoms with van der Waals surface area (Å²) in [6.07, 6.45) is 3.08. The lowest BCUT2D eigenvalue weighted by Gasteiger charge is -2.29. The molecule has 1 aliphatic heterocycles. The van der Waals surface area contributed by atoms with E-state index in [1.54, 1.807) is 0 Å². The third kappa shape index (κ3) is 4.12. The highest BCUT2D eigenvalue weighted by atomic mass is 32.2. The van der Waals surface area contributed by atoms with Gasteiger partial charge in [-0.05, 0) is 13.8 Å². The van der Waals surface area contributed by atoms with Gasteiger partial charge >= 0.3 is 0 Å². The van der Waals surface area contributed by atoms with Gasteiger partial charge < -0.3 is 5.32 Å². The Balaban J connectivity index is 1.64. The van der Waals surface area contributed by atoms with Gasteiger partial charge in [-0.15, -0.1) is 0 Å². The first-order valence-electron chi connectivity index (χ1n) is 9.33. The predicted molar refractivity (Wildman–Crippen MR) is 116 cm³/mol. The molecule has 0 aliphatic carbocycles. The average Bonchev–Trinajstić information content (AvgIpc) is 3.16. The fourth-order valence-corrected chi connectivity index (χ4v) is 5.17. The van der Waals surface area contributed by atoms with Gasteiger partial charge in [-0.1, -0.05) is 41.7 Å². The van der Waals surface area contributed by atoms with E-state index in [2.05, 4.69) is 20.3 Å². The fraction of sp³-hybridized carbons (Fsp3) is 0.300. The maximum atomic E-state index is 12.5. The zero-order valence-corrected chi connectivity index (χ0v) is 17.8. The van der Waals surface area contributed by atoms with Crippen LogP contribution in [0.1, 0.15) is 34.8 Å². The van der Waals surface area contributed by atoms with Crippen molar-refractivity contribution in [1.29, 1.82) is 0 Å². The third-order valence-electron chi connectivity index (χ3n) is 4.66. The van der Waals surface area contributed by atoms with Crippen LogP contribution in [-0.4, -0.2) is 41.5 Å². The molecule has 3 aromatic rings. The summed E-state index contributed by atoms with van der Waals surface area (Å²) in [5.41, 5.74) is 3.42. The monoisotopic (exact) mass is 427 g/mol. The Morgan fingerprint density at radius 1 is 1.24 bits per heavy atom. The van der Waals surface area contributed by atoms with Crippen molar-refractivity contribution in [3.05, 3.63) is 52.8 Å². The third-order valence-corrected chi connectivity index (χ3v) is 7.18. The first-order valence-corrected chi connectivity index (χ1v) is 11.3. The van der Waals surface area contributed by atoms with Crippen molar-refractivity contribution in [2.75, 3.05) is 11.9 Å². The minimum atomic E-state index is -1.06. The topological polar surface area (TPSA) is 88.1 Å². The van der Waals surface area contributed by atoms with Gasteiger partial charge in [-0.2, -0.15) is 0 Å². The molecule has 0 saturated heterocycles. The summed E-state index contributed by atoms with van der Waals surface area (Å²) in [6.45, 7) is 5.13. The van der Waals surface area contributed by atoms with Crippen molar-refractivity contribution in [2.24, 2.45) is 0 Å². The Bertz CT molecular complexity index is 1050. The molecule has 0 amide bonds. The molecule has 1 aliphatic rings. The van der Waals surface area contributed by atoms with Crippen molar-refractivity contribution >= 4 is 39.6 Å². The maximum absolute atomic E-state index is 12.5. The van der Waals surface area contributed by atoms with Gasteiger partial charge in [-0.25, -0.2) is 23.5 Å². The summed E-state index contributed by atoms with van der Waals surface area (Å²) >= 11 is 1.29. The number of benzene rings is 1. The molecule has 29 heavy (non-hydrogen) atoms. The number of rotatable bonds is 6. The summed E-state index contributed by atoms with van der Waals surface area (Å²) in [5, 5.41) is 3.90. The first kappa shape index (κ1) is 19.8. The molecule has 0 radical (unpaired) electrons. The summed E-state index contributed by atoms with van der Waals surface area (Å²) in [7, 11) is -1.06. The molecule has 0 fully saturated rings. The van der Waals surface area contributed by atoms with E-state index in [4.69, 9.17) is 0 Å². The number of thiazole rings is 1. The summed E-state index contributed by atoms with van der Waals surface area (Å²) in [6, 6.07) is 9.62. The number of aldehydes is 1. The molecule has 1 atom stereocenters. The summed E-state index contributed by atoms with van der Waals surface area (Å²) in [4.78, 5) is 25.5. The van der Waals surface area contributed by atoms with Crippen LogP contribution in [0.5, 0.6) is 0 Å². The second kappa shape index (κ2) is 8.48. The van der Waals surface area contributed by atoms with Crippen LogP contribution in [0.3, 0.4) is 0 Å². The van der Waals surface area contributed by atoms with E-state index in [-0.39, 0.29) is 5.25 Å². The molecular formula is C20H21N5O2S2. The number of hydrogen-bond acceptors (Lipinski definition) is 7. The van der Waals surface area contributed by atoms with Gasteiger partial charge in [0, 0.05) is 35.9 Å². The van der Waals surface area contributed by atoms with E-state index < -0.39 is 11.0 Å². The smallest absolute Gasteiger partial charge is 0.189 e. The number of carbonyl (C=O) groups is 1. The minimum Gasteiger partial charge on any atom is -0.316 e. The Morgan fingerprint density at radius 2 is 2.03 bits per heavy atom. The summed E-state index contributed by atoms with van der Waals surface area (Å²) < 4.78 is 14.5. The molecule has 1 unspecified atom stereocenters. The van der Waals surface area contributed by atoms with E-state index in [0.717, 1.165) is 29.5 Å². The van der Waals surface area contributed by atoms with E-state index in [1.807, 2.05) is 48.5 Å². The SMILES string of the molecule is CC(C)S(=O)N1CCc2ncnc(Nc3nc(-c4ccccc4)c(C=O)s3)c2C1. The first-order chi connectivity index (χ1) is 14.1. The number of hydrogen-bond donors (Lipinski definition) is 1. The second-order valence-electron chi connectivity index (χ2n) is 6.93. The van der Waals surface area contributed by atoms with Crippen LogP contribution in [0, 0.1) is 0 Å². The zero-order chi connectivity index (χ0) is 20.4. The van der Waals surface area contributed by atoms with Crippen LogP contribution in [0.15, 0.2) is 36.7 Å². The van der Waals surface area contributed by atoms with Gasteiger partial charge in [0.15, 0.2) is 11.4 Å². The highest BCUT2D eigenvalue weighted by Gasteiger charge is 2.26. The lowest BCUT2D eigenvalue weighted by Crippen LogP contribution is -2.36. The van der Waals surface area contributed by atoms with Gasteiger partial charge in [0.1, 0.15) is 12.1 Å². The normalized spacial score (nSPS) is 15.1. The molecule has 1 aromatic carbocycles. The van der Waals surface area contributed by atoms with Gasteiger partial charge in [-0.3, -0.25) is 4.79 Å². The number of carbonyl (C=O) groups excluding carboxylic acids is 1. The van der Waals surface area contributed by atoms with Crippen LogP contribution in [0.4, 0.5) is 10.9 Å². The Morgan fingerprint density at radius 3 is 2.76 bits per heavy atom. The molecule has 0 spiro atoms. The van der Waals surface area contributed by atoms with E-state index in [0.29, 0.717) is 34.6 Å². The van der Waals surface area contributed by atoms with E-state index in [9.17, 15) is 9.00 Å². The molecule has 2 aromatic heterocycles. The highest BCUT2D eigenvalue weighted by molar-refractivity contribution is 7.83. The van der Waals surface area contributed by atoms with E-state index in [1.165, 1.54) is 17.7 Å². The zero-order valence-electron chi connectivity index (χ0n) is 16.2. The molecule has 0 saturated carbocycles. The minimum absolute atomic E-state index is 0.0557. The van der Waals surface area contributed by atoms with Crippen molar-refractivity contribution in [1.82, 2.24) is 19.3 Å². The number of nitrogens with zero attached hydrogens (tertiary/aromatic N) is 4. The van der Waals surface area contributed by atoms with Crippen LogP contribution in [0.25, 0.3) is 11.3 Å². The number of nitrogens with one attached hydrogen (secondary N) is 1. The lowest BCUT2D eigenvalue weighted by molar-refractivity contribution is 0.112. The van der Waals surface area contributed by atoms with Gasteiger partial charge in [0.05, 0.1) is 27.3 Å². The lowest BCUT2D eigenvalue weighted by atomic mass is 10.1. The van der Waals surface area contributed by atoms with Crippen molar-refractivity contribution in [3.63, 3.8) is 0 Å². The van der Waals surface area contributed by atoms with Crippen molar-refractivity contribution in [2.45, 2.75) is 32.1 Å². The van der Waals surface area contributed by atoms with Crippen LogP contribution < -0.4 is 5.32 Å². The Labute approximate surface area is 175 Å². The predicted octanol–water partition coefficient (Wildman–Crippen LogP) is 3.59. The molecule has 9 heteroatoms. The number of anilines is 2. The molecule has 150 valence electrons. The largest absolute Gasteiger partial charge is 0.316 e. The molecule has 7 nitrogen and oxygen atoms in total. The average molecular weight is 428 g/mol. The van der Waals surface area contributed by atoms with E-state index >= 15 is 0 Å². The van der Waals surface area contributed by atoms with Crippen molar-refractivity contribution < 1.29 is 9.00 Å². The molecule has 3 heterocycles. The molecule has 4 rings (SSSR count). The van der Waals surface area contributed by atoms with Gasteiger partial charge in [0.2, 0.25) is 0 Å². The number of fused-ring (bicyclic) bond motifs is 1. The summed E-state index contributed by atoms with van der Waals surface area (Å²) in [5.74, 6) is 0.645. The molecule has 0 bridgehead atoms. The molecular weight excluding hydrogens is 406 g/mol. The molecule has 1 N–H and O–H groups in total.